The number of hydrazone groups is 1. The van der Waals surface area contributed by atoms with Crippen LogP contribution in [0.15, 0.2) is 58.4 Å². The first-order valence-corrected chi connectivity index (χ1v) is 8.18. The standard InChI is InChI=1S/C19H16N4O4/c1-2-23-18(25)15-10-6-5-9-14(15)16(22-23)17(24)21-20-11-12-7-3-4-8-13(12)19(26)27/h3-11H,2H2,1H3,(H,21,24)(H,26,27)/b20-11-. The van der Waals surface area contributed by atoms with E-state index in [1.807, 2.05) is 0 Å². The molecule has 3 aromatic rings. The number of carbonyl (C=O) groups is 2. The van der Waals surface area contributed by atoms with Crippen molar-refractivity contribution in [3.05, 3.63) is 75.7 Å². The van der Waals surface area contributed by atoms with Crippen LogP contribution in [0.25, 0.3) is 10.8 Å². The summed E-state index contributed by atoms with van der Waals surface area (Å²) in [5.74, 6) is -1.69. The molecule has 2 aromatic carbocycles. The Morgan fingerprint density at radius 2 is 1.81 bits per heavy atom. The number of amides is 1. The van der Waals surface area contributed by atoms with Crippen molar-refractivity contribution in [1.29, 1.82) is 0 Å². The number of hydrogen-bond acceptors (Lipinski definition) is 5. The maximum Gasteiger partial charge on any atom is 0.336 e. The molecule has 0 aliphatic carbocycles. The van der Waals surface area contributed by atoms with Crippen LogP contribution in [0.2, 0.25) is 0 Å². The van der Waals surface area contributed by atoms with E-state index in [9.17, 15) is 14.4 Å². The van der Waals surface area contributed by atoms with E-state index in [1.165, 1.54) is 17.0 Å². The van der Waals surface area contributed by atoms with Gasteiger partial charge in [0.2, 0.25) is 0 Å². The highest BCUT2D eigenvalue weighted by Crippen LogP contribution is 2.13. The minimum absolute atomic E-state index is 0.0655. The second-order valence-corrected chi connectivity index (χ2v) is 5.61. The first-order valence-electron chi connectivity index (χ1n) is 8.18. The lowest BCUT2D eigenvalue weighted by molar-refractivity contribution is 0.0696. The van der Waals surface area contributed by atoms with Gasteiger partial charge in [-0.15, -0.1) is 0 Å². The summed E-state index contributed by atoms with van der Waals surface area (Å²) in [6.45, 7) is 2.07. The molecule has 0 unspecified atom stereocenters. The van der Waals surface area contributed by atoms with Gasteiger partial charge in [0.25, 0.3) is 11.5 Å². The molecule has 0 aliphatic heterocycles. The van der Waals surface area contributed by atoms with E-state index in [4.69, 9.17) is 5.11 Å². The normalized spacial score (nSPS) is 11.0. The Labute approximate surface area is 153 Å². The average molecular weight is 364 g/mol. The van der Waals surface area contributed by atoms with Gasteiger partial charge in [0.05, 0.1) is 17.2 Å². The van der Waals surface area contributed by atoms with Gasteiger partial charge in [-0.2, -0.15) is 10.2 Å². The molecular weight excluding hydrogens is 348 g/mol. The van der Waals surface area contributed by atoms with Crippen LogP contribution in [-0.2, 0) is 6.54 Å². The molecule has 0 saturated heterocycles. The molecule has 8 heteroatoms. The number of carbonyl (C=O) groups excluding carboxylic acids is 1. The highest BCUT2D eigenvalue weighted by molar-refractivity contribution is 6.05. The molecular formula is C19H16N4O4. The molecule has 27 heavy (non-hydrogen) atoms. The number of aryl methyl sites for hydroxylation is 1. The van der Waals surface area contributed by atoms with Crippen molar-refractivity contribution >= 4 is 28.9 Å². The van der Waals surface area contributed by atoms with Crippen LogP contribution >= 0.6 is 0 Å². The van der Waals surface area contributed by atoms with E-state index in [2.05, 4.69) is 15.6 Å². The van der Waals surface area contributed by atoms with Crippen LogP contribution in [0, 0.1) is 0 Å². The van der Waals surface area contributed by atoms with Gasteiger partial charge in [0.15, 0.2) is 5.69 Å². The summed E-state index contributed by atoms with van der Waals surface area (Å²) in [4.78, 5) is 36.0. The Morgan fingerprint density at radius 1 is 1.15 bits per heavy atom. The molecule has 0 saturated carbocycles. The fraction of sp³-hybridized carbons (Fsp3) is 0.105. The molecule has 136 valence electrons. The Kier molecular flexibility index (Phi) is 5.07. The molecule has 3 rings (SSSR count). The van der Waals surface area contributed by atoms with Crippen molar-refractivity contribution in [2.45, 2.75) is 13.5 Å². The zero-order valence-corrected chi connectivity index (χ0v) is 14.4. The summed E-state index contributed by atoms with van der Waals surface area (Å²) >= 11 is 0. The maximum absolute atomic E-state index is 12.5. The van der Waals surface area contributed by atoms with E-state index in [0.29, 0.717) is 22.9 Å². The molecule has 0 spiro atoms. The fourth-order valence-corrected chi connectivity index (χ4v) is 2.63. The van der Waals surface area contributed by atoms with Gasteiger partial charge >= 0.3 is 5.97 Å². The van der Waals surface area contributed by atoms with Crippen LogP contribution in [-0.4, -0.2) is 33.0 Å². The minimum Gasteiger partial charge on any atom is -0.478 e. The SMILES string of the molecule is CCn1nc(C(=O)N/N=C\c2ccccc2C(=O)O)c2ccccc2c1=O. The molecule has 1 aromatic heterocycles. The van der Waals surface area contributed by atoms with Crippen LogP contribution < -0.4 is 11.0 Å². The molecule has 0 bridgehead atoms. The summed E-state index contributed by atoms with van der Waals surface area (Å²) in [5, 5.41) is 17.9. The average Bonchev–Trinajstić information content (AvgIpc) is 2.68. The van der Waals surface area contributed by atoms with Crippen LogP contribution in [0.3, 0.4) is 0 Å². The van der Waals surface area contributed by atoms with Crippen molar-refractivity contribution in [3.8, 4) is 0 Å². The number of benzene rings is 2. The zero-order chi connectivity index (χ0) is 19.4. The number of carboxylic acid groups (broad SMARTS) is 1. The number of rotatable bonds is 5. The largest absolute Gasteiger partial charge is 0.478 e. The maximum atomic E-state index is 12.5. The van der Waals surface area contributed by atoms with E-state index >= 15 is 0 Å². The van der Waals surface area contributed by atoms with Crippen molar-refractivity contribution in [3.63, 3.8) is 0 Å². The Balaban J connectivity index is 1.93. The smallest absolute Gasteiger partial charge is 0.336 e. The van der Waals surface area contributed by atoms with E-state index < -0.39 is 11.9 Å². The van der Waals surface area contributed by atoms with Gasteiger partial charge < -0.3 is 5.11 Å². The van der Waals surface area contributed by atoms with E-state index in [-0.39, 0.29) is 16.8 Å². The van der Waals surface area contributed by atoms with Gasteiger partial charge in [-0.05, 0) is 19.1 Å². The van der Waals surface area contributed by atoms with Gasteiger partial charge in [-0.3, -0.25) is 9.59 Å². The number of nitrogens with one attached hydrogen (secondary N) is 1. The summed E-state index contributed by atoms with van der Waals surface area (Å²) in [6, 6.07) is 13.0. The molecule has 0 aliphatic rings. The molecule has 2 N–H and O–H groups in total. The lowest BCUT2D eigenvalue weighted by atomic mass is 10.1. The number of aromatic carboxylic acids is 1. The number of fused-ring (bicyclic) bond motifs is 1. The number of nitrogens with zero attached hydrogens (tertiary/aromatic N) is 3. The van der Waals surface area contributed by atoms with Gasteiger partial charge in [-0.25, -0.2) is 14.9 Å². The van der Waals surface area contributed by atoms with Crippen LogP contribution in [0.1, 0.15) is 33.3 Å². The number of carboxylic acids is 1. The molecule has 8 nitrogen and oxygen atoms in total. The van der Waals surface area contributed by atoms with Gasteiger partial charge in [0.1, 0.15) is 0 Å². The number of aromatic nitrogens is 2. The van der Waals surface area contributed by atoms with Crippen LogP contribution in [0.4, 0.5) is 0 Å². The summed E-state index contributed by atoms with van der Waals surface area (Å²) < 4.78 is 1.21. The van der Waals surface area contributed by atoms with E-state index in [1.54, 1.807) is 49.4 Å². The number of hydrogen-bond donors (Lipinski definition) is 2. The first kappa shape index (κ1) is 18.0. The lowest BCUT2D eigenvalue weighted by Gasteiger charge is -2.08. The first-order chi connectivity index (χ1) is 13.0. The molecule has 1 heterocycles. The summed E-state index contributed by atoms with van der Waals surface area (Å²) in [5.41, 5.74) is 2.54. The Bertz CT molecular complexity index is 1120. The monoisotopic (exact) mass is 364 g/mol. The van der Waals surface area contributed by atoms with Crippen molar-refractivity contribution < 1.29 is 14.7 Å². The highest BCUT2D eigenvalue weighted by Gasteiger charge is 2.15. The fourth-order valence-electron chi connectivity index (χ4n) is 2.63. The van der Waals surface area contributed by atoms with Crippen LogP contribution in [0.5, 0.6) is 0 Å². The third kappa shape index (κ3) is 3.59. The Morgan fingerprint density at radius 3 is 2.52 bits per heavy atom. The third-order valence-electron chi connectivity index (χ3n) is 3.94. The van der Waals surface area contributed by atoms with Gasteiger partial charge in [-0.1, -0.05) is 36.4 Å². The summed E-state index contributed by atoms with van der Waals surface area (Å²) in [6.07, 6.45) is 1.25. The minimum atomic E-state index is -1.09. The topological polar surface area (TPSA) is 114 Å². The molecule has 1 amide bonds. The highest BCUT2D eigenvalue weighted by atomic mass is 16.4. The molecule has 0 radical (unpaired) electrons. The molecule has 0 atom stereocenters. The predicted octanol–water partition coefficient (Wildman–Crippen LogP) is 1.88. The van der Waals surface area contributed by atoms with Crippen molar-refractivity contribution in [1.82, 2.24) is 15.2 Å². The van der Waals surface area contributed by atoms with E-state index in [0.717, 1.165) is 0 Å². The quantitative estimate of drug-likeness (QED) is 0.530. The third-order valence-corrected chi connectivity index (χ3v) is 3.94. The van der Waals surface area contributed by atoms with Crippen molar-refractivity contribution in [2.24, 2.45) is 5.10 Å². The zero-order valence-electron chi connectivity index (χ0n) is 14.4. The summed E-state index contributed by atoms with van der Waals surface area (Å²) in [7, 11) is 0. The van der Waals surface area contributed by atoms with Gasteiger partial charge in [0, 0.05) is 17.5 Å². The lowest BCUT2D eigenvalue weighted by Crippen LogP contribution is -2.28. The predicted molar refractivity (Wildman–Crippen MR) is 100 cm³/mol. The Hall–Kier alpha value is -3.81. The molecule has 0 fully saturated rings. The second-order valence-electron chi connectivity index (χ2n) is 5.61. The second kappa shape index (κ2) is 7.61. The van der Waals surface area contributed by atoms with Crippen molar-refractivity contribution in [2.75, 3.05) is 0 Å².